The number of nitrogens with two attached hydrogens (primary N) is 1. The van der Waals surface area contributed by atoms with Crippen LogP contribution in [-0.2, 0) is 4.79 Å². The average Bonchev–Trinajstić information content (AvgIpc) is 2.13. The number of aliphatic carboxylic acids is 1. The van der Waals surface area contributed by atoms with Gasteiger partial charge in [0.25, 0.3) is 0 Å². The first-order chi connectivity index (χ1) is 6.97. The van der Waals surface area contributed by atoms with Crippen LogP contribution >= 0.6 is 0 Å². The van der Waals surface area contributed by atoms with E-state index in [1.807, 2.05) is 19.9 Å². The Morgan fingerprint density at radius 2 is 2.00 bits per heavy atom. The number of benzene rings is 1. The van der Waals surface area contributed by atoms with E-state index in [-0.39, 0.29) is 5.71 Å². The van der Waals surface area contributed by atoms with Crippen LogP contribution in [0.1, 0.15) is 16.7 Å². The van der Waals surface area contributed by atoms with Crippen molar-refractivity contribution in [3.63, 3.8) is 0 Å². The molecule has 0 unspecified atom stereocenters. The number of nitrogen functional groups attached to an aromatic ring is 1. The second-order valence-corrected chi connectivity index (χ2v) is 3.42. The third kappa shape index (κ3) is 2.15. The zero-order chi connectivity index (χ0) is 11.6. The fraction of sp³-hybridized carbons (Fsp3) is 0.273. The second kappa shape index (κ2) is 4.13. The number of rotatable bonds is 2. The van der Waals surface area contributed by atoms with Gasteiger partial charge in [-0.1, -0.05) is 11.6 Å². The number of hydrogen-bond donors (Lipinski definition) is 2. The van der Waals surface area contributed by atoms with Crippen LogP contribution in [0.3, 0.4) is 0 Å². The molecule has 0 spiro atoms. The molecular formula is C11H14N2O2. The first-order valence-electron chi connectivity index (χ1n) is 4.54. The molecule has 0 saturated heterocycles. The SMILES string of the molecule is CN=C(C(=O)O)c1cc(C)cc(C)c1N. The third-order valence-electron chi connectivity index (χ3n) is 2.21. The Morgan fingerprint density at radius 3 is 2.47 bits per heavy atom. The Labute approximate surface area is 88.4 Å². The van der Waals surface area contributed by atoms with Crippen molar-refractivity contribution in [1.29, 1.82) is 0 Å². The number of carboxylic acid groups (broad SMARTS) is 1. The Bertz CT molecular complexity index is 436. The summed E-state index contributed by atoms with van der Waals surface area (Å²) in [6.45, 7) is 3.74. The minimum absolute atomic E-state index is 0.000648. The molecule has 0 heterocycles. The largest absolute Gasteiger partial charge is 0.477 e. The molecule has 4 nitrogen and oxygen atoms in total. The highest BCUT2D eigenvalue weighted by atomic mass is 16.4. The number of hydrogen-bond acceptors (Lipinski definition) is 3. The summed E-state index contributed by atoms with van der Waals surface area (Å²) in [6, 6.07) is 3.65. The number of aryl methyl sites for hydroxylation is 2. The van der Waals surface area contributed by atoms with Crippen LogP contribution in [-0.4, -0.2) is 23.8 Å². The maximum absolute atomic E-state index is 10.9. The van der Waals surface area contributed by atoms with Crippen molar-refractivity contribution >= 4 is 17.4 Å². The lowest BCUT2D eigenvalue weighted by atomic mass is 10.0. The molecule has 4 heteroatoms. The molecule has 0 atom stereocenters. The molecule has 0 aliphatic rings. The van der Waals surface area contributed by atoms with Gasteiger partial charge in [-0.2, -0.15) is 0 Å². The fourth-order valence-corrected chi connectivity index (χ4v) is 1.51. The third-order valence-corrected chi connectivity index (χ3v) is 2.21. The highest BCUT2D eigenvalue weighted by Gasteiger charge is 2.15. The highest BCUT2D eigenvalue weighted by Crippen LogP contribution is 2.20. The fourth-order valence-electron chi connectivity index (χ4n) is 1.51. The summed E-state index contributed by atoms with van der Waals surface area (Å²) in [4.78, 5) is 14.7. The maximum Gasteiger partial charge on any atom is 0.354 e. The van der Waals surface area contributed by atoms with E-state index in [9.17, 15) is 4.79 Å². The van der Waals surface area contributed by atoms with Crippen molar-refractivity contribution in [2.24, 2.45) is 4.99 Å². The summed E-state index contributed by atoms with van der Waals surface area (Å²) in [7, 11) is 1.44. The van der Waals surface area contributed by atoms with Gasteiger partial charge in [0.15, 0.2) is 5.71 Å². The van der Waals surface area contributed by atoms with Crippen molar-refractivity contribution in [2.75, 3.05) is 12.8 Å². The van der Waals surface area contributed by atoms with E-state index in [2.05, 4.69) is 4.99 Å². The van der Waals surface area contributed by atoms with Crippen LogP contribution in [0.2, 0.25) is 0 Å². The Hall–Kier alpha value is -1.84. The first-order valence-corrected chi connectivity index (χ1v) is 4.54. The van der Waals surface area contributed by atoms with Crippen LogP contribution in [0.15, 0.2) is 17.1 Å². The predicted octanol–water partition coefficient (Wildman–Crippen LogP) is 1.39. The molecule has 1 aromatic carbocycles. The molecule has 15 heavy (non-hydrogen) atoms. The molecular weight excluding hydrogens is 192 g/mol. The van der Waals surface area contributed by atoms with Crippen LogP contribution in [0.4, 0.5) is 5.69 Å². The smallest absolute Gasteiger partial charge is 0.354 e. The van der Waals surface area contributed by atoms with Gasteiger partial charge < -0.3 is 10.8 Å². The Morgan fingerprint density at radius 1 is 1.40 bits per heavy atom. The van der Waals surface area contributed by atoms with Gasteiger partial charge in [-0.05, 0) is 25.5 Å². The lowest BCUT2D eigenvalue weighted by Gasteiger charge is -2.09. The molecule has 0 amide bonds. The van der Waals surface area contributed by atoms with Gasteiger partial charge in [0.1, 0.15) is 0 Å². The monoisotopic (exact) mass is 206 g/mol. The van der Waals surface area contributed by atoms with Gasteiger partial charge >= 0.3 is 5.97 Å². The second-order valence-electron chi connectivity index (χ2n) is 3.42. The summed E-state index contributed by atoms with van der Waals surface area (Å²) < 4.78 is 0. The van der Waals surface area contributed by atoms with Gasteiger partial charge in [-0.25, -0.2) is 4.79 Å². The van der Waals surface area contributed by atoms with Crippen molar-refractivity contribution in [3.8, 4) is 0 Å². The zero-order valence-electron chi connectivity index (χ0n) is 9.03. The van der Waals surface area contributed by atoms with Crippen molar-refractivity contribution in [3.05, 3.63) is 28.8 Å². The number of carbonyl (C=O) groups is 1. The standard InChI is InChI=1S/C11H14N2O2/c1-6-4-7(2)9(12)8(5-6)10(13-3)11(14)15/h4-5H,12H2,1-3H3,(H,14,15). The van der Waals surface area contributed by atoms with Gasteiger partial charge in [-0.15, -0.1) is 0 Å². The van der Waals surface area contributed by atoms with Crippen molar-refractivity contribution in [1.82, 2.24) is 0 Å². The molecule has 0 aliphatic heterocycles. The molecule has 0 aromatic heterocycles. The van der Waals surface area contributed by atoms with Crippen LogP contribution in [0.5, 0.6) is 0 Å². The number of nitrogens with zero attached hydrogens (tertiary/aromatic N) is 1. The predicted molar refractivity (Wildman–Crippen MR) is 60.4 cm³/mol. The quantitative estimate of drug-likeness (QED) is 0.567. The lowest BCUT2D eigenvalue weighted by molar-refractivity contribution is -0.129. The molecule has 80 valence electrons. The molecule has 1 aromatic rings. The van der Waals surface area contributed by atoms with Crippen molar-refractivity contribution < 1.29 is 9.90 Å². The summed E-state index contributed by atoms with van der Waals surface area (Å²) >= 11 is 0. The summed E-state index contributed by atoms with van der Waals surface area (Å²) in [6.07, 6.45) is 0. The molecule has 0 aliphatic carbocycles. The summed E-state index contributed by atoms with van der Waals surface area (Å²) in [5.41, 5.74) is 8.62. The first kappa shape index (κ1) is 11.2. The van der Waals surface area contributed by atoms with E-state index < -0.39 is 5.97 Å². The summed E-state index contributed by atoms with van der Waals surface area (Å²) in [5.74, 6) is -1.06. The molecule has 3 N–H and O–H groups in total. The van der Waals surface area contributed by atoms with E-state index in [4.69, 9.17) is 10.8 Å². The lowest BCUT2D eigenvalue weighted by Crippen LogP contribution is -2.17. The van der Waals surface area contributed by atoms with Gasteiger partial charge in [-0.3, -0.25) is 4.99 Å². The van der Waals surface area contributed by atoms with Crippen LogP contribution in [0, 0.1) is 13.8 Å². The van der Waals surface area contributed by atoms with Gasteiger partial charge in [0, 0.05) is 18.3 Å². The molecule has 0 fully saturated rings. The minimum atomic E-state index is -1.06. The van der Waals surface area contributed by atoms with E-state index >= 15 is 0 Å². The topological polar surface area (TPSA) is 75.7 Å². The van der Waals surface area contributed by atoms with E-state index in [1.165, 1.54) is 7.05 Å². The van der Waals surface area contributed by atoms with Crippen LogP contribution in [0.25, 0.3) is 0 Å². The zero-order valence-corrected chi connectivity index (χ0v) is 9.03. The molecule has 0 bridgehead atoms. The average molecular weight is 206 g/mol. The number of carboxylic acids is 1. The van der Waals surface area contributed by atoms with E-state index in [0.29, 0.717) is 11.3 Å². The summed E-state index contributed by atoms with van der Waals surface area (Å²) in [5, 5.41) is 8.95. The normalized spacial score (nSPS) is 11.5. The van der Waals surface area contributed by atoms with Gasteiger partial charge in [0.05, 0.1) is 0 Å². The molecule has 1 rings (SSSR count). The molecule has 0 saturated carbocycles. The van der Waals surface area contributed by atoms with Crippen molar-refractivity contribution in [2.45, 2.75) is 13.8 Å². The highest BCUT2D eigenvalue weighted by molar-refractivity contribution is 6.43. The molecule has 0 radical (unpaired) electrons. The minimum Gasteiger partial charge on any atom is -0.477 e. The Kier molecular flexibility index (Phi) is 3.09. The number of anilines is 1. The maximum atomic E-state index is 10.9. The Balaban J connectivity index is 3.43. The number of aliphatic imine (C=N–C) groups is 1. The van der Waals surface area contributed by atoms with E-state index in [1.54, 1.807) is 6.07 Å². The van der Waals surface area contributed by atoms with E-state index in [0.717, 1.165) is 11.1 Å². The van der Waals surface area contributed by atoms with Crippen LogP contribution < -0.4 is 5.73 Å². The van der Waals surface area contributed by atoms with Gasteiger partial charge in [0.2, 0.25) is 0 Å².